The fourth-order valence-corrected chi connectivity index (χ4v) is 3.03. The zero-order chi connectivity index (χ0) is 22.1. The quantitative estimate of drug-likeness (QED) is 0.433. The first kappa shape index (κ1) is 23.2. The van der Waals surface area contributed by atoms with Crippen LogP contribution in [0.2, 0.25) is 0 Å². The lowest BCUT2D eigenvalue weighted by Gasteiger charge is -2.27. The average molecular weight is 415 g/mol. The summed E-state index contributed by atoms with van der Waals surface area (Å²) >= 11 is 0. The number of nitrogens with two attached hydrogens (primary N) is 1. The lowest BCUT2D eigenvalue weighted by atomic mass is 10.2. The van der Waals surface area contributed by atoms with Crippen molar-refractivity contribution in [1.82, 2.24) is 9.55 Å². The van der Waals surface area contributed by atoms with E-state index in [1.165, 1.54) is 9.47 Å². The molecule has 1 atom stereocenters. The average Bonchev–Trinajstić information content (AvgIpc) is 2.73. The lowest BCUT2D eigenvalue weighted by molar-refractivity contribution is -0.129. The molecule has 0 fully saturated rings. The smallest absolute Gasteiger partial charge is 0.330 e. The molecule has 30 heavy (non-hydrogen) atoms. The number of hydrogen-bond donors (Lipinski definition) is 2. The van der Waals surface area contributed by atoms with Crippen LogP contribution in [0.1, 0.15) is 38.7 Å². The number of benzene rings is 1. The van der Waals surface area contributed by atoms with E-state index in [-0.39, 0.29) is 18.1 Å². The first-order chi connectivity index (χ1) is 14.4. The van der Waals surface area contributed by atoms with E-state index in [2.05, 4.69) is 11.6 Å². The largest absolute Gasteiger partial charge is 0.383 e. The van der Waals surface area contributed by atoms with Crippen LogP contribution in [0.4, 0.5) is 11.5 Å². The van der Waals surface area contributed by atoms with Gasteiger partial charge in [0.15, 0.2) is 5.69 Å². The highest BCUT2D eigenvalue weighted by Gasteiger charge is 2.28. The number of amides is 1. The summed E-state index contributed by atoms with van der Waals surface area (Å²) < 4.78 is 6.90. The number of anilines is 2. The van der Waals surface area contributed by atoms with E-state index in [9.17, 15) is 14.4 Å². The maximum atomic E-state index is 13.2. The van der Waals surface area contributed by atoms with Crippen LogP contribution in [-0.2, 0) is 22.6 Å². The van der Waals surface area contributed by atoms with Crippen molar-refractivity contribution in [3.05, 3.63) is 69.4 Å². The molecular formula is C22H30N4O4. The highest BCUT2D eigenvalue weighted by molar-refractivity contribution is 5.98. The van der Waals surface area contributed by atoms with Crippen molar-refractivity contribution in [3.63, 3.8) is 0 Å². The zero-order valence-corrected chi connectivity index (χ0v) is 17.6. The van der Waals surface area contributed by atoms with Crippen LogP contribution in [0.25, 0.3) is 0 Å². The van der Waals surface area contributed by atoms with E-state index in [1.807, 2.05) is 37.3 Å². The van der Waals surface area contributed by atoms with Crippen molar-refractivity contribution >= 4 is 17.4 Å². The summed E-state index contributed by atoms with van der Waals surface area (Å²) in [6.45, 7) is 8.05. The van der Waals surface area contributed by atoms with Crippen molar-refractivity contribution in [3.8, 4) is 0 Å². The molecule has 1 amide bonds. The maximum absolute atomic E-state index is 13.2. The van der Waals surface area contributed by atoms with Gasteiger partial charge in [-0.05, 0) is 25.3 Å². The first-order valence-electron chi connectivity index (χ1n) is 10.1. The number of carbonyl (C=O) groups is 1. The third-order valence-electron chi connectivity index (χ3n) is 4.71. The Morgan fingerprint density at radius 1 is 1.33 bits per heavy atom. The topological polar surface area (TPSA) is 110 Å². The first-order valence-corrected chi connectivity index (χ1v) is 10.1. The number of ether oxygens (including phenoxy) is 1. The van der Waals surface area contributed by atoms with E-state index in [0.717, 1.165) is 12.0 Å². The molecule has 0 aliphatic carbocycles. The number of aromatic amines is 1. The van der Waals surface area contributed by atoms with Gasteiger partial charge in [0.1, 0.15) is 11.9 Å². The molecule has 2 rings (SSSR count). The van der Waals surface area contributed by atoms with Crippen molar-refractivity contribution in [1.29, 1.82) is 0 Å². The Labute approximate surface area is 176 Å². The van der Waals surface area contributed by atoms with Gasteiger partial charge in [0, 0.05) is 6.54 Å². The predicted octanol–water partition coefficient (Wildman–Crippen LogP) is 2.43. The Morgan fingerprint density at radius 3 is 2.67 bits per heavy atom. The second-order valence-corrected chi connectivity index (χ2v) is 7.00. The van der Waals surface area contributed by atoms with E-state index < -0.39 is 23.3 Å². The van der Waals surface area contributed by atoms with Gasteiger partial charge >= 0.3 is 5.69 Å². The van der Waals surface area contributed by atoms with Gasteiger partial charge < -0.3 is 10.5 Å². The van der Waals surface area contributed by atoms with Crippen LogP contribution in [0, 0.1) is 0 Å². The summed E-state index contributed by atoms with van der Waals surface area (Å²) in [6, 6.07) is 9.25. The third kappa shape index (κ3) is 5.70. The molecule has 1 aromatic carbocycles. The number of hydrogen-bond acceptors (Lipinski definition) is 5. The number of nitrogens with zero attached hydrogens (tertiary/aromatic N) is 2. The minimum atomic E-state index is -0.802. The van der Waals surface area contributed by atoms with Gasteiger partial charge in [0.2, 0.25) is 0 Å². The number of nitrogen functional groups attached to an aromatic ring is 1. The monoisotopic (exact) mass is 414 g/mol. The number of nitrogens with one attached hydrogen (secondary N) is 1. The van der Waals surface area contributed by atoms with E-state index >= 15 is 0 Å². The van der Waals surface area contributed by atoms with Gasteiger partial charge in [-0.2, -0.15) is 0 Å². The fourth-order valence-electron chi connectivity index (χ4n) is 3.03. The second kappa shape index (κ2) is 11.2. The third-order valence-corrected chi connectivity index (χ3v) is 4.71. The van der Waals surface area contributed by atoms with Crippen LogP contribution in [-0.4, -0.2) is 28.2 Å². The summed E-state index contributed by atoms with van der Waals surface area (Å²) in [5.74, 6) is -0.444. The molecule has 2 aromatic rings. The van der Waals surface area contributed by atoms with Gasteiger partial charge in [0.25, 0.3) is 11.5 Å². The van der Waals surface area contributed by atoms with Crippen LogP contribution in [0.15, 0.2) is 52.6 Å². The SMILES string of the molecule is C=CCCOC(C)C(=O)N(Cc1ccccc1)c1c(N)n(CCCC)c(=O)[nH]c1=O. The van der Waals surface area contributed by atoms with Gasteiger partial charge in [-0.1, -0.05) is 49.8 Å². The Bertz CT molecular complexity index is 965. The molecule has 8 nitrogen and oxygen atoms in total. The molecule has 162 valence electrons. The minimum absolute atomic E-state index is 0.0280. The van der Waals surface area contributed by atoms with Crippen molar-refractivity contribution < 1.29 is 9.53 Å². The predicted molar refractivity (Wildman–Crippen MR) is 119 cm³/mol. The molecule has 1 unspecified atom stereocenters. The lowest BCUT2D eigenvalue weighted by Crippen LogP contribution is -2.44. The van der Waals surface area contributed by atoms with Crippen molar-refractivity contribution in [2.75, 3.05) is 17.2 Å². The number of aromatic nitrogens is 2. The Morgan fingerprint density at radius 2 is 2.03 bits per heavy atom. The van der Waals surface area contributed by atoms with Crippen LogP contribution >= 0.6 is 0 Å². The molecule has 0 saturated heterocycles. The fraction of sp³-hybridized carbons (Fsp3) is 0.409. The Balaban J connectivity index is 2.50. The van der Waals surface area contributed by atoms with Gasteiger partial charge in [-0.3, -0.25) is 24.0 Å². The molecule has 0 spiro atoms. The molecular weight excluding hydrogens is 384 g/mol. The normalized spacial score (nSPS) is 11.8. The molecule has 0 saturated carbocycles. The van der Waals surface area contributed by atoms with Gasteiger partial charge in [0.05, 0.1) is 13.2 Å². The summed E-state index contributed by atoms with van der Waals surface area (Å²) in [6.07, 6.45) is 3.06. The molecule has 0 aliphatic rings. The Kier molecular flexibility index (Phi) is 8.61. The van der Waals surface area contributed by atoms with Gasteiger partial charge in [-0.25, -0.2) is 4.79 Å². The standard InChI is InChI=1S/C22H30N4O4/c1-4-6-13-25-19(23)18(20(27)24-22(25)29)26(15-17-11-9-8-10-12-17)21(28)16(3)30-14-7-5-2/h5,8-12,16H,2,4,6-7,13-15,23H2,1,3H3,(H,24,27,29). The second-order valence-electron chi connectivity index (χ2n) is 7.00. The molecule has 0 radical (unpaired) electrons. The van der Waals surface area contributed by atoms with Crippen LogP contribution < -0.4 is 21.9 Å². The van der Waals surface area contributed by atoms with Gasteiger partial charge in [-0.15, -0.1) is 6.58 Å². The highest BCUT2D eigenvalue weighted by atomic mass is 16.5. The maximum Gasteiger partial charge on any atom is 0.330 e. The summed E-state index contributed by atoms with van der Waals surface area (Å²) in [5.41, 5.74) is 5.72. The summed E-state index contributed by atoms with van der Waals surface area (Å²) in [7, 11) is 0. The zero-order valence-electron chi connectivity index (χ0n) is 17.6. The molecule has 3 N–H and O–H groups in total. The molecule has 0 aliphatic heterocycles. The Hall–Kier alpha value is -3.13. The molecule has 1 aromatic heterocycles. The van der Waals surface area contributed by atoms with Crippen LogP contribution in [0.5, 0.6) is 0 Å². The van der Waals surface area contributed by atoms with Crippen molar-refractivity contribution in [2.45, 2.75) is 52.3 Å². The molecule has 0 bridgehead atoms. The minimum Gasteiger partial charge on any atom is -0.383 e. The van der Waals surface area contributed by atoms with Crippen LogP contribution in [0.3, 0.4) is 0 Å². The van der Waals surface area contributed by atoms with E-state index in [0.29, 0.717) is 26.0 Å². The highest BCUT2D eigenvalue weighted by Crippen LogP contribution is 2.21. The van der Waals surface area contributed by atoms with E-state index in [1.54, 1.807) is 13.0 Å². The number of unbranched alkanes of at least 4 members (excludes halogenated alkanes) is 1. The molecule has 8 heteroatoms. The van der Waals surface area contributed by atoms with E-state index in [4.69, 9.17) is 10.5 Å². The summed E-state index contributed by atoms with van der Waals surface area (Å²) in [4.78, 5) is 41.8. The van der Waals surface area contributed by atoms with Crippen molar-refractivity contribution in [2.24, 2.45) is 0 Å². The summed E-state index contributed by atoms with van der Waals surface area (Å²) in [5, 5.41) is 0. The number of carbonyl (C=O) groups excluding carboxylic acids is 1. The number of rotatable bonds is 11. The number of H-pyrrole nitrogens is 1. The molecule has 1 heterocycles.